The summed E-state index contributed by atoms with van der Waals surface area (Å²) >= 11 is 0. The van der Waals surface area contributed by atoms with Gasteiger partial charge in [-0.1, -0.05) is 0 Å². The average Bonchev–Trinajstić information content (AvgIpc) is 1.99. The zero-order chi connectivity index (χ0) is 7.98. The molecule has 0 unspecified atom stereocenters. The van der Waals surface area contributed by atoms with Gasteiger partial charge in [0.1, 0.15) is 12.4 Å². The number of carbonyl (C=O) groups is 2. The van der Waals surface area contributed by atoms with Crippen LogP contribution in [0.4, 0.5) is 0 Å². The lowest BCUT2D eigenvalue weighted by atomic mass is 10.4. The van der Waals surface area contributed by atoms with Crippen molar-refractivity contribution >= 4 is 12.6 Å². The standard InChI is InChI=1S/C6H10O4/c1-5(3-7)10-6(4-8)9-2/h3-6H,1-2H3/t5-,6+/m1/s1. The van der Waals surface area contributed by atoms with Gasteiger partial charge in [0.2, 0.25) is 6.29 Å². The van der Waals surface area contributed by atoms with Gasteiger partial charge in [-0.25, -0.2) is 0 Å². The lowest BCUT2D eigenvalue weighted by molar-refractivity contribution is -0.163. The minimum absolute atomic E-state index is 0.486. The molecule has 0 rings (SSSR count). The van der Waals surface area contributed by atoms with Gasteiger partial charge in [-0.05, 0) is 6.92 Å². The molecule has 4 heteroatoms. The van der Waals surface area contributed by atoms with E-state index in [0.29, 0.717) is 12.6 Å². The highest BCUT2D eigenvalue weighted by molar-refractivity contribution is 5.57. The van der Waals surface area contributed by atoms with E-state index in [9.17, 15) is 9.59 Å². The Morgan fingerprint density at radius 3 is 2.20 bits per heavy atom. The van der Waals surface area contributed by atoms with Crippen LogP contribution < -0.4 is 0 Å². The second-order valence-electron chi connectivity index (χ2n) is 1.72. The molecule has 0 saturated heterocycles. The van der Waals surface area contributed by atoms with E-state index in [1.54, 1.807) is 0 Å². The predicted molar refractivity (Wildman–Crippen MR) is 33.5 cm³/mol. The quantitative estimate of drug-likeness (QED) is 0.397. The number of hydrogen-bond acceptors (Lipinski definition) is 4. The summed E-state index contributed by atoms with van der Waals surface area (Å²) in [5, 5.41) is 0. The Kier molecular flexibility index (Phi) is 4.70. The fourth-order valence-corrected chi connectivity index (χ4v) is 0.387. The summed E-state index contributed by atoms with van der Waals surface area (Å²) in [6.07, 6.45) is -0.453. The molecule has 0 spiro atoms. The number of carbonyl (C=O) groups excluding carboxylic acids is 2. The molecule has 0 aliphatic heterocycles. The molecule has 0 aromatic heterocycles. The zero-order valence-electron chi connectivity index (χ0n) is 5.94. The molecule has 0 saturated carbocycles. The Morgan fingerprint density at radius 1 is 1.30 bits per heavy atom. The molecule has 0 aliphatic rings. The molecule has 4 nitrogen and oxygen atoms in total. The van der Waals surface area contributed by atoms with Crippen molar-refractivity contribution in [2.24, 2.45) is 0 Å². The van der Waals surface area contributed by atoms with Crippen molar-refractivity contribution in [1.82, 2.24) is 0 Å². The van der Waals surface area contributed by atoms with E-state index < -0.39 is 12.4 Å². The summed E-state index contributed by atoms with van der Waals surface area (Å²) in [6.45, 7) is 1.53. The summed E-state index contributed by atoms with van der Waals surface area (Å²) in [5.74, 6) is 0. The highest BCUT2D eigenvalue weighted by Gasteiger charge is 2.08. The van der Waals surface area contributed by atoms with Crippen LogP contribution in [0.5, 0.6) is 0 Å². The summed E-state index contributed by atoms with van der Waals surface area (Å²) in [5.41, 5.74) is 0. The molecule has 2 atom stereocenters. The van der Waals surface area contributed by atoms with Crippen LogP contribution in [0.1, 0.15) is 6.92 Å². The van der Waals surface area contributed by atoms with Crippen molar-refractivity contribution in [3.8, 4) is 0 Å². The summed E-state index contributed by atoms with van der Waals surface area (Å²) in [6, 6.07) is 0. The summed E-state index contributed by atoms with van der Waals surface area (Å²) in [4.78, 5) is 20.0. The molecule has 0 aromatic carbocycles. The molecule has 0 fully saturated rings. The Labute approximate surface area is 59.1 Å². The van der Waals surface area contributed by atoms with Crippen molar-refractivity contribution < 1.29 is 19.1 Å². The van der Waals surface area contributed by atoms with Gasteiger partial charge in [0.15, 0.2) is 6.29 Å². The maximum absolute atomic E-state index is 10.0. The van der Waals surface area contributed by atoms with Crippen molar-refractivity contribution in [1.29, 1.82) is 0 Å². The maximum Gasteiger partial charge on any atom is 0.215 e. The lowest BCUT2D eigenvalue weighted by Gasteiger charge is -2.10. The number of ether oxygens (including phenoxy) is 2. The van der Waals surface area contributed by atoms with Gasteiger partial charge in [0.05, 0.1) is 0 Å². The van der Waals surface area contributed by atoms with Crippen molar-refractivity contribution in [2.45, 2.75) is 19.3 Å². The third-order valence-corrected chi connectivity index (χ3v) is 0.884. The molecule has 0 aliphatic carbocycles. The van der Waals surface area contributed by atoms with Crippen molar-refractivity contribution in [2.75, 3.05) is 7.11 Å². The van der Waals surface area contributed by atoms with Crippen molar-refractivity contribution in [3.63, 3.8) is 0 Å². The third kappa shape index (κ3) is 3.32. The van der Waals surface area contributed by atoms with Gasteiger partial charge in [0.25, 0.3) is 0 Å². The van der Waals surface area contributed by atoms with Crippen LogP contribution in [-0.2, 0) is 19.1 Å². The molecule has 10 heavy (non-hydrogen) atoms. The maximum atomic E-state index is 10.0. The highest BCUT2D eigenvalue weighted by atomic mass is 16.7. The van der Waals surface area contributed by atoms with E-state index in [4.69, 9.17) is 4.74 Å². The fraction of sp³-hybridized carbons (Fsp3) is 0.667. The van der Waals surface area contributed by atoms with E-state index in [1.165, 1.54) is 14.0 Å². The van der Waals surface area contributed by atoms with Gasteiger partial charge in [-0.3, -0.25) is 4.79 Å². The van der Waals surface area contributed by atoms with Crippen molar-refractivity contribution in [3.05, 3.63) is 0 Å². The third-order valence-electron chi connectivity index (χ3n) is 0.884. The van der Waals surface area contributed by atoms with E-state index in [2.05, 4.69) is 4.74 Å². The predicted octanol–water partition coefficient (Wildman–Crippen LogP) is -0.238. The van der Waals surface area contributed by atoms with Gasteiger partial charge >= 0.3 is 0 Å². The van der Waals surface area contributed by atoms with E-state index in [0.717, 1.165) is 0 Å². The van der Waals surface area contributed by atoms with Crippen LogP contribution in [0.2, 0.25) is 0 Å². The highest BCUT2D eigenvalue weighted by Crippen LogP contribution is 1.93. The lowest BCUT2D eigenvalue weighted by Crippen LogP contribution is -2.23. The molecule has 0 amide bonds. The first-order valence-corrected chi connectivity index (χ1v) is 2.83. The Balaban J connectivity index is 3.61. The largest absolute Gasteiger partial charge is 0.350 e. The molecule has 0 radical (unpaired) electrons. The van der Waals surface area contributed by atoms with E-state index >= 15 is 0 Å². The minimum atomic E-state index is -0.930. The van der Waals surface area contributed by atoms with Crippen LogP contribution in [0.15, 0.2) is 0 Å². The topological polar surface area (TPSA) is 52.6 Å². The first-order valence-electron chi connectivity index (χ1n) is 2.83. The fourth-order valence-electron chi connectivity index (χ4n) is 0.387. The van der Waals surface area contributed by atoms with Crippen LogP contribution in [0.3, 0.4) is 0 Å². The van der Waals surface area contributed by atoms with Crippen LogP contribution in [-0.4, -0.2) is 32.1 Å². The summed E-state index contributed by atoms with van der Waals surface area (Å²) < 4.78 is 9.26. The second-order valence-corrected chi connectivity index (χ2v) is 1.72. The minimum Gasteiger partial charge on any atom is -0.350 e. The molecule has 0 heterocycles. The molecule has 58 valence electrons. The summed E-state index contributed by atoms with van der Waals surface area (Å²) in [7, 11) is 1.33. The van der Waals surface area contributed by atoms with E-state index in [1.807, 2.05) is 0 Å². The normalized spacial score (nSPS) is 15.8. The van der Waals surface area contributed by atoms with Gasteiger partial charge in [-0.15, -0.1) is 0 Å². The monoisotopic (exact) mass is 146 g/mol. The van der Waals surface area contributed by atoms with Crippen LogP contribution in [0.25, 0.3) is 0 Å². The Morgan fingerprint density at radius 2 is 1.90 bits per heavy atom. The number of rotatable bonds is 5. The molecule has 0 bridgehead atoms. The Hall–Kier alpha value is -0.740. The first kappa shape index (κ1) is 9.26. The van der Waals surface area contributed by atoms with Crippen LogP contribution in [0, 0.1) is 0 Å². The average molecular weight is 146 g/mol. The smallest absolute Gasteiger partial charge is 0.215 e. The van der Waals surface area contributed by atoms with Crippen LogP contribution >= 0.6 is 0 Å². The molecule has 0 N–H and O–H groups in total. The number of hydrogen-bond donors (Lipinski definition) is 0. The van der Waals surface area contributed by atoms with Gasteiger partial charge in [0, 0.05) is 7.11 Å². The number of aldehydes is 2. The molecule has 0 aromatic rings. The molecular weight excluding hydrogens is 136 g/mol. The SMILES string of the molecule is CO[C@H](C=O)O[C@H](C)C=O. The van der Waals surface area contributed by atoms with E-state index in [-0.39, 0.29) is 0 Å². The van der Waals surface area contributed by atoms with Gasteiger partial charge in [-0.2, -0.15) is 0 Å². The first-order chi connectivity index (χ1) is 4.74. The van der Waals surface area contributed by atoms with Gasteiger partial charge < -0.3 is 14.3 Å². The Bertz CT molecular complexity index is 112. The number of methoxy groups -OCH3 is 1. The second kappa shape index (κ2) is 5.08. The molecular formula is C6H10O4. The zero-order valence-corrected chi connectivity index (χ0v) is 5.94.